The molecule has 1 heterocycles. The Hall–Kier alpha value is -2.12. The molecule has 0 fully saturated rings. The van der Waals surface area contributed by atoms with E-state index in [-0.39, 0.29) is 11.5 Å². The topological polar surface area (TPSA) is 71.2 Å². The zero-order valence-electron chi connectivity index (χ0n) is 12.5. The molecule has 0 aliphatic carbocycles. The van der Waals surface area contributed by atoms with Crippen LogP contribution < -0.4 is 15.6 Å². The van der Waals surface area contributed by atoms with E-state index in [2.05, 4.69) is 42.2 Å². The number of anilines is 1. The molecule has 0 unspecified atom stereocenters. The summed E-state index contributed by atoms with van der Waals surface area (Å²) in [4.78, 5) is 25.7. The lowest BCUT2D eigenvalue weighted by molar-refractivity contribution is -0.114. The average Bonchev–Trinajstić information content (AvgIpc) is 2.52. The number of carbonyl (C=O) groups excluding carboxylic acids is 1. The molecule has 0 radical (unpaired) electrons. The van der Waals surface area contributed by atoms with Crippen molar-refractivity contribution in [3.05, 3.63) is 61.9 Å². The maximum atomic E-state index is 11.9. The van der Waals surface area contributed by atoms with Crippen molar-refractivity contribution in [2.75, 3.05) is 5.32 Å². The van der Waals surface area contributed by atoms with Gasteiger partial charge in [0.25, 0.3) is 5.56 Å². The number of rotatable bonds is 3. The van der Waals surface area contributed by atoms with Gasteiger partial charge in [0, 0.05) is 24.2 Å². The summed E-state index contributed by atoms with van der Waals surface area (Å²) < 4.78 is 7.32. The molecular weight excluding hydrogens is 440 g/mol. The second-order valence-electron chi connectivity index (χ2n) is 5.08. The van der Waals surface area contributed by atoms with E-state index < -0.39 is 0 Å². The van der Waals surface area contributed by atoms with Gasteiger partial charge < -0.3 is 15.0 Å². The molecule has 2 N–H and O–H groups in total. The van der Waals surface area contributed by atoms with E-state index in [9.17, 15) is 9.59 Å². The van der Waals surface area contributed by atoms with Gasteiger partial charge in [-0.15, -0.1) is 0 Å². The highest BCUT2D eigenvalue weighted by atomic mass is 79.9. The van der Waals surface area contributed by atoms with Crippen LogP contribution in [0.5, 0.6) is 11.5 Å². The number of aromatic amines is 1. The first-order chi connectivity index (χ1) is 11.5. The number of benzene rings is 2. The van der Waals surface area contributed by atoms with Gasteiger partial charge >= 0.3 is 0 Å². The Bertz CT molecular complexity index is 976. The van der Waals surface area contributed by atoms with Crippen LogP contribution in [0.2, 0.25) is 0 Å². The Morgan fingerprint density at radius 1 is 1.12 bits per heavy atom. The average molecular weight is 452 g/mol. The third-order valence-corrected chi connectivity index (χ3v) is 4.48. The van der Waals surface area contributed by atoms with Crippen molar-refractivity contribution in [2.24, 2.45) is 0 Å². The molecule has 3 rings (SSSR count). The monoisotopic (exact) mass is 450 g/mol. The molecule has 1 aromatic heterocycles. The minimum atomic E-state index is -0.169. The molecule has 24 heavy (non-hydrogen) atoms. The summed E-state index contributed by atoms with van der Waals surface area (Å²) in [6.07, 6.45) is 1.53. The van der Waals surface area contributed by atoms with Crippen LogP contribution in [0.4, 0.5) is 5.69 Å². The largest absolute Gasteiger partial charge is 0.453 e. The van der Waals surface area contributed by atoms with Crippen LogP contribution in [-0.4, -0.2) is 10.9 Å². The molecule has 0 spiro atoms. The van der Waals surface area contributed by atoms with Gasteiger partial charge in [0.05, 0.1) is 14.3 Å². The van der Waals surface area contributed by atoms with Gasteiger partial charge in [-0.25, -0.2) is 0 Å². The molecule has 3 aromatic rings. The number of H-pyrrole nitrogens is 1. The van der Waals surface area contributed by atoms with Gasteiger partial charge in [-0.1, -0.05) is 18.2 Å². The van der Waals surface area contributed by atoms with Gasteiger partial charge in [-0.3, -0.25) is 9.59 Å². The maximum absolute atomic E-state index is 11.9. The quantitative estimate of drug-likeness (QED) is 0.600. The third-order valence-electron chi connectivity index (χ3n) is 3.30. The standard InChI is InChI=1S/C17H12Br2N2O3/c1-9(22)21-10-6-13(18)16(14(19)7-10)24-15-8-20-17(23)12-5-3-2-4-11(12)15/h2-8H,1H3,(H,20,23)(H,21,22). The molecule has 2 aromatic carbocycles. The molecule has 0 aliphatic heterocycles. The molecule has 5 nitrogen and oxygen atoms in total. The Labute approximate surface area is 154 Å². The van der Waals surface area contributed by atoms with Gasteiger partial charge in [-0.05, 0) is 50.1 Å². The maximum Gasteiger partial charge on any atom is 0.256 e. The molecule has 0 aliphatic rings. The van der Waals surface area contributed by atoms with E-state index in [0.29, 0.717) is 36.9 Å². The molecule has 0 atom stereocenters. The number of ether oxygens (including phenoxy) is 1. The van der Waals surface area contributed by atoms with Gasteiger partial charge in [-0.2, -0.15) is 0 Å². The summed E-state index contributed by atoms with van der Waals surface area (Å²) in [5.41, 5.74) is 0.469. The zero-order chi connectivity index (χ0) is 17.3. The predicted molar refractivity (Wildman–Crippen MR) is 101 cm³/mol. The van der Waals surface area contributed by atoms with Crippen LogP contribution in [0.3, 0.4) is 0 Å². The molecule has 122 valence electrons. The lowest BCUT2D eigenvalue weighted by Crippen LogP contribution is -2.06. The van der Waals surface area contributed by atoms with Crippen molar-refractivity contribution in [1.82, 2.24) is 4.98 Å². The second-order valence-corrected chi connectivity index (χ2v) is 6.79. The number of hydrogen-bond donors (Lipinski definition) is 2. The Balaban J connectivity index is 2.05. The van der Waals surface area contributed by atoms with Crippen LogP contribution in [0, 0.1) is 0 Å². The number of nitrogens with one attached hydrogen (secondary N) is 2. The van der Waals surface area contributed by atoms with E-state index in [1.165, 1.54) is 13.1 Å². The minimum absolute atomic E-state index is 0.158. The van der Waals surface area contributed by atoms with Crippen molar-refractivity contribution in [1.29, 1.82) is 0 Å². The van der Waals surface area contributed by atoms with Gasteiger partial charge in [0.2, 0.25) is 5.91 Å². The van der Waals surface area contributed by atoms with E-state index in [4.69, 9.17) is 4.74 Å². The first-order valence-electron chi connectivity index (χ1n) is 7.00. The zero-order valence-corrected chi connectivity index (χ0v) is 15.7. The first kappa shape index (κ1) is 16.7. The number of fused-ring (bicyclic) bond motifs is 1. The number of halogens is 2. The van der Waals surface area contributed by atoms with Crippen LogP contribution in [0.1, 0.15) is 6.92 Å². The van der Waals surface area contributed by atoms with Gasteiger partial charge in [0.1, 0.15) is 0 Å². The van der Waals surface area contributed by atoms with Crippen LogP contribution in [0.15, 0.2) is 56.3 Å². The fraction of sp³-hybridized carbons (Fsp3) is 0.0588. The Kier molecular flexibility index (Phi) is 4.73. The SMILES string of the molecule is CC(=O)Nc1cc(Br)c(Oc2c[nH]c(=O)c3ccccc23)c(Br)c1. The molecule has 7 heteroatoms. The Morgan fingerprint density at radius 2 is 1.75 bits per heavy atom. The van der Waals surface area contributed by atoms with Crippen LogP contribution in [-0.2, 0) is 4.79 Å². The van der Waals surface area contributed by atoms with Crippen LogP contribution in [0.25, 0.3) is 10.8 Å². The number of aromatic nitrogens is 1. The number of hydrogen-bond acceptors (Lipinski definition) is 3. The third kappa shape index (κ3) is 3.37. The second kappa shape index (κ2) is 6.78. The van der Waals surface area contributed by atoms with Crippen molar-refractivity contribution < 1.29 is 9.53 Å². The summed E-state index contributed by atoms with van der Waals surface area (Å²) in [5.74, 6) is 0.911. The smallest absolute Gasteiger partial charge is 0.256 e. The lowest BCUT2D eigenvalue weighted by Gasteiger charge is -2.13. The molecule has 0 saturated heterocycles. The number of amides is 1. The predicted octanol–water partition coefficient (Wildman–Crippen LogP) is 4.80. The van der Waals surface area contributed by atoms with E-state index in [1.54, 1.807) is 24.3 Å². The molecular formula is C17H12Br2N2O3. The highest BCUT2D eigenvalue weighted by Gasteiger charge is 2.13. The van der Waals surface area contributed by atoms with Crippen molar-refractivity contribution in [3.63, 3.8) is 0 Å². The molecule has 0 saturated carbocycles. The number of carbonyl (C=O) groups is 1. The minimum Gasteiger partial charge on any atom is -0.453 e. The highest BCUT2D eigenvalue weighted by Crippen LogP contribution is 2.40. The van der Waals surface area contributed by atoms with Crippen LogP contribution >= 0.6 is 31.9 Å². The summed E-state index contributed by atoms with van der Waals surface area (Å²) >= 11 is 6.89. The lowest BCUT2D eigenvalue weighted by atomic mass is 10.1. The summed E-state index contributed by atoms with van der Waals surface area (Å²) in [5, 5.41) is 3.98. The van der Waals surface area contributed by atoms with Crippen molar-refractivity contribution in [3.8, 4) is 11.5 Å². The summed E-state index contributed by atoms with van der Waals surface area (Å²) in [7, 11) is 0. The molecule has 1 amide bonds. The Morgan fingerprint density at radius 3 is 2.38 bits per heavy atom. The van der Waals surface area contributed by atoms with E-state index >= 15 is 0 Å². The fourth-order valence-corrected chi connectivity index (χ4v) is 3.66. The summed E-state index contributed by atoms with van der Waals surface area (Å²) in [6.45, 7) is 1.44. The molecule has 0 bridgehead atoms. The normalized spacial score (nSPS) is 10.6. The fourth-order valence-electron chi connectivity index (χ4n) is 2.31. The van der Waals surface area contributed by atoms with Crippen molar-refractivity contribution in [2.45, 2.75) is 6.92 Å². The van der Waals surface area contributed by atoms with Gasteiger partial charge in [0.15, 0.2) is 11.5 Å². The number of pyridine rings is 1. The first-order valence-corrected chi connectivity index (χ1v) is 8.59. The highest BCUT2D eigenvalue weighted by molar-refractivity contribution is 9.11. The van der Waals surface area contributed by atoms with Crippen molar-refractivity contribution >= 4 is 54.2 Å². The van der Waals surface area contributed by atoms with E-state index in [0.717, 1.165) is 0 Å². The summed E-state index contributed by atoms with van der Waals surface area (Å²) in [6, 6.07) is 10.7. The van der Waals surface area contributed by atoms with E-state index in [1.807, 2.05) is 12.1 Å².